The molecular formula is C19H23N5O3S2. The molecule has 2 aromatic rings. The second-order valence-electron chi connectivity index (χ2n) is 6.39. The van der Waals surface area contributed by atoms with Gasteiger partial charge < -0.3 is 10.6 Å². The van der Waals surface area contributed by atoms with Crippen LogP contribution >= 0.6 is 12.2 Å². The summed E-state index contributed by atoms with van der Waals surface area (Å²) in [7, 11) is -0.586. The summed E-state index contributed by atoms with van der Waals surface area (Å²) in [5.41, 5.74) is 5.61. The number of nitrogens with zero attached hydrogens (tertiary/aromatic N) is 2. The standard InChI is InChI=1S/C19H23N5O3S2/c1-13-5-10-17(29(26,27)24(3)4)11-18(13)22-19(28)23-20-12-15-6-8-16(9-7-15)21-14(2)25/h5-12H,1-4H3,(H,21,25)(H2,22,23,28)/b20-12-. The molecule has 0 aliphatic carbocycles. The lowest BCUT2D eigenvalue weighted by Crippen LogP contribution is -2.25. The van der Waals surface area contributed by atoms with Crippen LogP contribution in [0.3, 0.4) is 0 Å². The van der Waals surface area contributed by atoms with Gasteiger partial charge in [0.1, 0.15) is 0 Å². The van der Waals surface area contributed by atoms with Gasteiger partial charge >= 0.3 is 0 Å². The topological polar surface area (TPSA) is 103 Å². The van der Waals surface area contributed by atoms with E-state index in [0.717, 1.165) is 15.4 Å². The van der Waals surface area contributed by atoms with Crippen LogP contribution in [0.2, 0.25) is 0 Å². The number of carbonyl (C=O) groups excluding carboxylic acids is 1. The van der Waals surface area contributed by atoms with Crippen LogP contribution in [-0.2, 0) is 14.8 Å². The maximum Gasteiger partial charge on any atom is 0.242 e. The predicted molar refractivity (Wildman–Crippen MR) is 120 cm³/mol. The molecule has 2 rings (SSSR count). The van der Waals surface area contributed by atoms with E-state index in [0.29, 0.717) is 11.4 Å². The van der Waals surface area contributed by atoms with Crippen LogP contribution in [0.25, 0.3) is 0 Å². The largest absolute Gasteiger partial charge is 0.331 e. The van der Waals surface area contributed by atoms with Crippen LogP contribution in [0.15, 0.2) is 52.5 Å². The Morgan fingerprint density at radius 2 is 1.76 bits per heavy atom. The second kappa shape index (κ2) is 9.59. The van der Waals surface area contributed by atoms with Gasteiger partial charge in [0, 0.05) is 32.4 Å². The van der Waals surface area contributed by atoms with E-state index in [1.807, 2.05) is 6.92 Å². The number of carbonyl (C=O) groups is 1. The number of hydrogen-bond acceptors (Lipinski definition) is 5. The summed E-state index contributed by atoms with van der Waals surface area (Å²) in [5.74, 6) is -0.137. The normalized spacial score (nSPS) is 11.5. The molecule has 0 aromatic heterocycles. The first-order valence-corrected chi connectivity index (χ1v) is 10.5. The number of aryl methyl sites for hydroxylation is 1. The smallest absolute Gasteiger partial charge is 0.242 e. The Morgan fingerprint density at radius 3 is 2.34 bits per heavy atom. The fourth-order valence-corrected chi connectivity index (χ4v) is 3.37. The molecule has 0 bridgehead atoms. The molecule has 0 fully saturated rings. The summed E-state index contributed by atoms with van der Waals surface area (Å²) in [6, 6.07) is 11.9. The summed E-state index contributed by atoms with van der Waals surface area (Å²) in [5, 5.41) is 9.93. The number of hydrogen-bond donors (Lipinski definition) is 3. The maximum atomic E-state index is 12.3. The minimum Gasteiger partial charge on any atom is -0.331 e. The molecule has 10 heteroatoms. The number of nitrogens with one attached hydrogen (secondary N) is 3. The van der Waals surface area contributed by atoms with Crippen LogP contribution in [0.1, 0.15) is 18.1 Å². The SMILES string of the molecule is CC(=O)Nc1ccc(/C=N\NC(=S)Nc2cc(S(=O)(=O)N(C)C)ccc2C)cc1. The van der Waals surface area contributed by atoms with Crippen molar-refractivity contribution in [1.82, 2.24) is 9.73 Å². The number of sulfonamides is 1. The van der Waals surface area contributed by atoms with E-state index in [2.05, 4.69) is 21.2 Å². The number of amides is 1. The maximum absolute atomic E-state index is 12.3. The molecule has 2 aromatic carbocycles. The van der Waals surface area contributed by atoms with Gasteiger partial charge in [-0.25, -0.2) is 12.7 Å². The Labute approximate surface area is 176 Å². The van der Waals surface area contributed by atoms with Gasteiger partial charge in [0.2, 0.25) is 15.9 Å². The van der Waals surface area contributed by atoms with Crippen molar-refractivity contribution < 1.29 is 13.2 Å². The van der Waals surface area contributed by atoms with Crippen molar-refractivity contribution in [2.45, 2.75) is 18.7 Å². The fraction of sp³-hybridized carbons (Fsp3) is 0.211. The van der Waals surface area contributed by atoms with Crippen LogP contribution in [0, 0.1) is 6.92 Å². The zero-order valence-electron chi connectivity index (χ0n) is 16.6. The minimum atomic E-state index is -3.54. The fourth-order valence-electron chi connectivity index (χ4n) is 2.28. The van der Waals surface area contributed by atoms with Crippen molar-refractivity contribution in [1.29, 1.82) is 0 Å². The second-order valence-corrected chi connectivity index (χ2v) is 8.95. The lowest BCUT2D eigenvalue weighted by Gasteiger charge is -2.15. The molecule has 0 spiro atoms. The van der Waals surface area contributed by atoms with Gasteiger partial charge in [-0.05, 0) is 54.5 Å². The predicted octanol–water partition coefficient (Wildman–Crippen LogP) is 2.52. The molecule has 0 aliphatic heterocycles. The Hall–Kier alpha value is -2.82. The monoisotopic (exact) mass is 433 g/mol. The van der Waals surface area contributed by atoms with Crippen molar-refractivity contribution in [3.63, 3.8) is 0 Å². The average molecular weight is 434 g/mol. The van der Waals surface area contributed by atoms with E-state index in [1.54, 1.807) is 42.6 Å². The average Bonchev–Trinajstić information content (AvgIpc) is 2.64. The molecule has 0 aliphatic rings. The number of anilines is 2. The van der Waals surface area contributed by atoms with Gasteiger partial charge in [0.15, 0.2) is 5.11 Å². The molecule has 8 nitrogen and oxygen atoms in total. The number of hydrazone groups is 1. The zero-order valence-corrected chi connectivity index (χ0v) is 18.2. The molecule has 0 radical (unpaired) electrons. The Kier molecular flexibility index (Phi) is 7.43. The summed E-state index contributed by atoms with van der Waals surface area (Å²) in [6.07, 6.45) is 1.57. The molecule has 0 saturated carbocycles. The quantitative estimate of drug-likeness (QED) is 0.368. The highest BCUT2D eigenvalue weighted by molar-refractivity contribution is 7.89. The van der Waals surface area contributed by atoms with Crippen molar-refractivity contribution in [3.05, 3.63) is 53.6 Å². The molecule has 29 heavy (non-hydrogen) atoms. The first-order valence-electron chi connectivity index (χ1n) is 8.60. The minimum absolute atomic E-state index is 0.137. The van der Waals surface area contributed by atoms with Gasteiger partial charge in [-0.1, -0.05) is 18.2 Å². The lowest BCUT2D eigenvalue weighted by atomic mass is 10.2. The van der Waals surface area contributed by atoms with Crippen molar-refractivity contribution in [2.24, 2.45) is 5.10 Å². The lowest BCUT2D eigenvalue weighted by molar-refractivity contribution is -0.114. The third-order valence-corrected chi connectivity index (χ3v) is 5.85. The molecule has 3 N–H and O–H groups in total. The van der Waals surface area contributed by atoms with Crippen molar-refractivity contribution in [2.75, 3.05) is 24.7 Å². The van der Waals surface area contributed by atoms with Crippen LogP contribution in [0.5, 0.6) is 0 Å². The van der Waals surface area contributed by atoms with Crippen LogP contribution in [-0.4, -0.2) is 44.1 Å². The van der Waals surface area contributed by atoms with Crippen LogP contribution < -0.4 is 16.1 Å². The first-order chi connectivity index (χ1) is 13.6. The highest BCUT2D eigenvalue weighted by atomic mass is 32.2. The Morgan fingerprint density at radius 1 is 1.10 bits per heavy atom. The highest BCUT2D eigenvalue weighted by Gasteiger charge is 2.18. The van der Waals surface area contributed by atoms with Gasteiger partial charge in [0.05, 0.1) is 11.1 Å². The molecule has 0 saturated heterocycles. The highest BCUT2D eigenvalue weighted by Crippen LogP contribution is 2.21. The van der Waals surface area contributed by atoms with E-state index in [1.165, 1.54) is 27.1 Å². The van der Waals surface area contributed by atoms with Crippen LogP contribution in [0.4, 0.5) is 11.4 Å². The number of benzene rings is 2. The summed E-state index contributed by atoms with van der Waals surface area (Å²) < 4.78 is 25.7. The number of thiocarbonyl (C=S) groups is 1. The zero-order chi connectivity index (χ0) is 21.6. The van der Waals surface area contributed by atoms with Gasteiger partial charge in [0.25, 0.3) is 0 Å². The summed E-state index contributed by atoms with van der Waals surface area (Å²) >= 11 is 5.22. The van der Waals surface area contributed by atoms with Gasteiger partial charge in [-0.2, -0.15) is 5.10 Å². The molecular weight excluding hydrogens is 410 g/mol. The van der Waals surface area contributed by atoms with Gasteiger partial charge in [-0.15, -0.1) is 0 Å². The summed E-state index contributed by atoms with van der Waals surface area (Å²) in [6.45, 7) is 3.29. The molecule has 0 heterocycles. The molecule has 0 unspecified atom stereocenters. The molecule has 0 atom stereocenters. The van der Waals surface area contributed by atoms with Gasteiger partial charge in [-0.3, -0.25) is 10.2 Å². The third-order valence-electron chi connectivity index (χ3n) is 3.85. The Bertz CT molecular complexity index is 1030. The Balaban J connectivity index is 2.02. The summed E-state index contributed by atoms with van der Waals surface area (Å²) in [4.78, 5) is 11.2. The molecule has 1 amide bonds. The molecule has 154 valence electrons. The number of rotatable bonds is 6. The van der Waals surface area contributed by atoms with Crippen molar-refractivity contribution in [3.8, 4) is 0 Å². The van der Waals surface area contributed by atoms with E-state index in [4.69, 9.17) is 12.2 Å². The van der Waals surface area contributed by atoms with E-state index >= 15 is 0 Å². The van der Waals surface area contributed by atoms with E-state index in [9.17, 15) is 13.2 Å². The first kappa shape index (κ1) is 22.5. The van der Waals surface area contributed by atoms with E-state index < -0.39 is 10.0 Å². The van der Waals surface area contributed by atoms with E-state index in [-0.39, 0.29) is 15.9 Å². The third kappa shape index (κ3) is 6.34. The van der Waals surface area contributed by atoms with Crippen molar-refractivity contribution >= 4 is 50.9 Å².